The first-order chi connectivity index (χ1) is 13.7. The molecule has 3 heteroatoms. The van der Waals surface area contributed by atoms with Crippen molar-refractivity contribution in [1.29, 1.82) is 0 Å². The molecule has 1 aromatic heterocycles. The quantitative estimate of drug-likeness (QED) is 0.496. The lowest BCUT2D eigenvalue weighted by atomic mass is 9.91. The molecule has 0 atom stereocenters. The maximum atomic E-state index is 12.7. The summed E-state index contributed by atoms with van der Waals surface area (Å²) in [6, 6.07) is 28.8. The minimum atomic E-state index is 0.0460. The second kappa shape index (κ2) is 8.13. The molecule has 0 fully saturated rings. The first-order valence-corrected chi connectivity index (χ1v) is 9.65. The lowest BCUT2D eigenvalue weighted by molar-refractivity contribution is -0.120. The first kappa shape index (κ1) is 18.1. The number of benzene rings is 3. The van der Waals surface area contributed by atoms with E-state index in [1.54, 1.807) is 0 Å². The second-order valence-electron chi connectivity index (χ2n) is 7.13. The van der Waals surface area contributed by atoms with Gasteiger partial charge in [0.15, 0.2) is 0 Å². The number of nitrogens with one attached hydrogen (secondary N) is 2. The van der Waals surface area contributed by atoms with E-state index in [0.717, 1.165) is 22.2 Å². The lowest BCUT2D eigenvalue weighted by Gasteiger charge is -2.19. The van der Waals surface area contributed by atoms with Crippen molar-refractivity contribution in [2.24, 2.45) is 0 Å². The molecule has 0 saturated carbocycles. The van der Waals surface area contributed by atoms with Gasteiger partial charge in [0.2, 0.25) is 5.91 Å². The number of aromatic amines is 1. The van der Waals surface area contributed by atoms with Gasteiger partial charge in [-0.2, -0.15) is 0 Å². The van der Waals surface area contributed by atoms with E-state index < -0.39 is 0 Å². The van der Waals surface area contributed by atoms with E-state index in [2.05, 4.69) is 40.6 Å². The highest BCUT2D eigenvalue weighted by molar-refractivity contribution is 5.90. The van der Waals surface area contributed by atoms with Crippen molar-refractivity contribution < 1.29 is 4.79 Å². The van der Waals surface area contributed by atoms with Crippen LogP contribution in [0.1, 0.15) is 28.3 Å². The first-order valence-electron chi connectivity index (χ1n) is 9.65. The van der Waals surface area contributed by atoms with E-state index in [1.165, 1.54) is 11.1 Å². The van der Waals surface area contributed by atoms with Gasteiger partial charge in [-0.15, -0.1) is 0 Å². The molecule has 2 N–H and O–H groups in total. The number of amides is 1. The molecule has 140 valence electrons. The number of fused-ring (bicyclic) bond motifs is 1. The zero-order chi connectivity index (χ0) is 19.3. The fourth-order valence-corrected chi connectivity index (χ4v) is 3.80. The van der Waals surface area contributed by atoms with Crippen molar-refractivity contribution in [3.8, 4) is 0 Å². The van der Waals surface area contributed by atoms with Crippen LogP contribution in [0, 0.1) is 6.92 Å². The summed E-state index contributed by atoms with van der Waals surface area (Å²) in [7, 11) is 0. The number of hydrogen-bond acceptors (Lipinski definition) is 1. The third-order valence-corrected chi connectivity index (χ3v) is 5.27. The van der Waals surface area contributed by atoms with Gasteiger partial charge in [-0.05, 0) is 29.7 Å². The molecule has 28 heavy (non-hydrogen) atoms. The Hall–Kier alpha value is -3.33. The normalized spacial score (nSPS) is 11.1. The number of aryl methyl sites for hydroxylation is 1. The molecule has 3 nitrogen and oxygen atoms in total. The van der Waals surface area contributed by atoms with Gasteiger partial charge in [-0.25, -0.2) is 0 Å². The molecular weight excluding hydrogens is 344 g/mol. The highest BCUT2D eigenvalue weighted by Gasteiger charge is 2.17. The highest BCUT2D eigenvalue weighted by atomic mass is 16.1. The van der Waals surface area contributed by atoms with Gasteiger partial charge in [0.05, 0.1) is 6.42 Å². The zero-order valence-electron chi connectivity index (χ0n) is 16.0. The van der Waals surface area contributed by atoms with Crippen LogP contribution in [0.4, 0.5) is 0 Å². The molecule has 0 spiro atoms. The summed E-state index contributed by atoms with van der Waals surface area (Å²) in [6.45, 7) is 2.60. The van der Waals surface area contributed by atoms with E-state index in [9.17, 15) is 4.79 Å². The Morgan fingerprint density at radius 1 is 0.857 bits per heavy atom. The standard InChI is InChI=1S/C25H24N2O/c1-18-22(21-14-8-9-15-24(21)27-18)16-25(28)26-17-23(19-10-4-2-5-11-19)20-12-6-3-7-13-20/h2-15,23,27H,16-17H2,1H3,(H,26,28). The molecule has 3 aromatic carbocycles. The molecular formula is C25H24N2O. The Bertz CT molecular complexity index is 1030. The molecule has 0 bridgehead atoms. The number of para-hydroxylation sites is 1. The minimum absolute atomic E-state index is 0.0460. The third kappa shape index (κ3) is 3.84. The molecule has 0 aliphatic rings. The van der Waals surface area contributed by atoms with Crippen LogP contribution in [-0.2, 0) is 11.2 Å². The number of aromatic nitrogens is 1. The number of hydrogen-bond donors (Lipinski definition) is 2. The number of carbonyl (C=O) groups excluding carboxylic acids is 1. The Morgan fingerprint density at radius 2 is 1.43 bits per heavy atom. The van der Waals surface area contributed by atoms with Crippen LogP contribution in [-0.4, -0.2) is 17.4 Å². The van der Waals surface area contributed by atoms with Gasteiger partial charge < -0.3 is 10.3 Å². The summed E-state index contributed by atoms with van der Waals surface area (Å²) in [6.07, 6.45) is 0.381. The van der Waals surface area contributed by atoms with Crippen molar-refractivity contribution in [3.63, 3.8) is 0 Å². The van der Waals surface area contributed by atoms with Gasteiger partial charge in [0.25, 0.3) is 0 Å². The van der Waals surface area contributed by atoms with Crippen LogP contribution < -0.4 is 5.32 Å². The Labute approximate surface area is 165 Å². The number of H-pyrrole nitrogens is 1. The number of rotatable bonds is 6. The summed E-state index contributed by atoms with van der Waals surface area (Å²) in [5, 5.41) is 4.28. The van der Waals surface area contributed by atoms with Crippen molar-refractivity contribution in [2.75, 3.05) is 6.54 Å². The van der Waals surface area contributed by atoms with Crippen molar-refractivity contribution >= 4 is 16.8 Å². The monoisotopic (exact) mass is 368 g/mol. The van der Waals surface area contributed by atoms with Gasteiger partial charge in [0.1, 0.15) is 0 Å². The van der Waals surface area contributed by atoms with Crippen molar-refractivity contribution in [2.45, 2.75) is 19.3 Å². The predicted octanol–water partition coefficient (Wildman–Crippen LogP) is 4.97. The number of carbonyl (C=O) groups is 1. The van der Waals surface area contributed by atoms with Gasteiger partial charge in [-0.3, -0.25) is 4.79 Å². The Kier molecular flexibility index (Phi) is 5.24. The van der Waals surface area contributed by atoms with Crippen LogP contribution >= 0.6 is 0 Å². The minimum Gasteiger partial charge on any atom is -0.358 e. The van der Waals surface area contributed by atoms with Gasteiger partial charge >= 0.3 is 0 Å². The van der Waals surface area contributed by atoms with Gasteiger partial charge in [0, 0.05) is 29.1 Å². The Morgan fingerprint density at radius 3 is 2.07 bits per heavy atom. The molecule has 0 unspecified atom stereocenters. The molecule has 0 aliphatic heterocycles. The summed E-state index contributed by atoms with van der Waals surface area (Å²) in [5.74, 6) is 0.181. The van der Waals surface area contributed by atoms with E-state index in [4.69, 9.17) is 0 Å². The zero-order valence-corrected chi connectivity index (χ0v) is 16.0. The van der Waals surface area contributed by atoms with E-state index in [1.807, 2.05) is 61.5 Å². The molecule has 4 aromatic rings. The molecule has 0 radical (unpaired) electrons. The predicted molar refractivity (Wildman–Crippen MR) is 114 cm³/mol. The Balaban J connectivity index is 1.51. The van der Waals surface area contributed by atoms with Gasteiger partial charge in [-0.1, -0.05) is 78.9 Å². The molecule has 1 amide bonds. The third-order valence-electron chi connectivity index (χ3n) is 5.27. The second-order valence-corrected chi connectivity index (χ2v) is 7.13. The largest absolute Gasteiger partial charge is 0.358 e. The van der Waals surface area contributed by atoms with E-state index in [-0.39, 0.29) is 11.8 Å². The molecule has 0 aliphatic carbocycles. The SMILES string of the molecule is Cc1[nH]c2ccccc2c1CC(=O)NCC(c1ccccc1)c1ccccc1. The van der Waals surface area contributed by atoms with Crippen molar-refractivity contribution in [1.82, 2.24) is 10.3 Å². The van der Waals surface area contributed by atoms with Crippen LogP contribution in [0.5, 0.6) is 0 Å². The molecule has 0 saturated heterocycles. The van der Waals surface area contributed by atoms with E-state index >= 15 is 0 Å². The highest BCUT2D eigenvalue weighted by Crippen LogP contribution is 2.25. The summed E-state index contributed by atoms with van der Waals surface area (Å²) >= 11 is 0. The maximum absolute atomic E-state index is 12.7. The van der Waals surface area contributed by atoms with Crippen LogP contribution in [0.2, 0.25) is 0 Å². The van der Waals surface area contributed by atoms with E-state index in [0.29, 0.717) is 13.0 Å². The average molecular weight is 368 g/mol. The lowest BCUT2D eigenvalue weighted by Crippen LogP contribution is -2.30. The van der Waals surface area contributed by atoms with Crippen LogP contribution in [0.15, 0.2) is 84.9 Å². The van der Waals surface area contributed by atoms with Crippen LogP contribution in [0.3, 0.4) is 0 Å². The smallest absolute Gasteiger partial charge is 0.224 e. The summed E-state index contributed by atoms with van der Waals surface area (Å²) < 4.78 is 0. The average Bonchev–Trinajstić information content (AvgIpc) is 3.05. The fraction of sp³-hybridized carbons (Fsp3) is 0.160. The molecule has 1 heterocycles. The van der Waals surface area contributed by atoms with Crippen molar-refractivity contribution in [3.05, 3.63) is 107 Å². The summed E-state index contributed by atoms with van der Waals surface area (Å²) in [4.78, 5) is 16.1. The topological polar surface area (TPSA) is 44.9 Å². The fourth-order valence-electron chi connectivity index (χ4n) is 3.80. The maximum Gasteiger partial charge on any atom is 0.224 e. The molecule has 4 rings (SSSR count). The van der Waals surface area contributed by atoms with Crippen LogP contribution in [0.25, 0.3) is 10.9 Å². The summed E-state index contributed by atoms with van der Waals surface area (Å²) in [5.41, 5.74) is 5.62.